The number of aliphatic hydroxyl groups is 1. The largest absolute Gasteiger partial charge is 0.481 e. The van der Waals surface area contributed by atoms with Crippen molar-refractivity contribution in [3.05, 3.63) is 35.9 Å². The minimum atomic E-state index is -1.34. The summed E-state index contributed by atoms with van der Waals surface area (Å²) in [5.41, 5.74) is 6.13. The summed E-state index contributed by atoms with van der Waals surface area (Å²) in [4.78, 5) is 60.3. The molecule has 0 saturated heterocycles. The molecule has 0 aliphatic carbocycles. The molecule has 0 bridgehead atoms. The Morgan fingerprint density at radius 1 is 0.882 bits per heavy atom. The Morgan fingerprint density at radius 2 is 1.47 bits per heavy atom. The number of nitrogens with one attached hydrogen (secondary N) is 3. The van der Waals surface area contributed by atoms with Crippen LogP contribution in [-0.4, -0.2) is 75.8 Å². The molecule has 0 aliphatic heterocycles. The standard InChI is InChI=1S/C22H32N4O8/c1-12(2)18(21(32)25-16(22(33)34)10-13-6-4-3-5-7-13)26-20(31)15(8-9-17(28)29)24-19(30)14(23)11-27/h3-7,12,14-16,18,27H,8-11,23H2,1-2H3,(H,24,30)(H,25,32)(H,26,31)(H,28,29)(H,33,34). The molecule has 188 valence electrons. The predicted molar refractivity (Wildman–Crippen MR) is 120 cm³/mol. The van der Waals surface area contributed by atoms with Crippen LogP contribution in [0, 0.1) is 5.92 Å². The first-order chi connectivity index (χ1) is 16.0. The number of aliphatic hydroxyl groups excluding tert-OH is 1. The first-order valence-corrected chi connectivity index (χ1v) is 10.7. The highest BCUT2D eigenvalue weighted by atomic mass is 16.4. The van der Waals surface area contributed by atoms with Crippen molar-refractivity contribution < 1.29 is 39.3 Å². The van der Waals surface area contributed by atoms with E-state index in [0.717, 1.165) is 0 Å². The van der Waals surface area contributed by atoms with Gasteiger partial charge in [0, 0.05) is 12.8 Å². The predicted octanol–water partition coefficient (Wildman–Crippen LogP) is -1.39. The molecule has 0 heterocycles. The quantitative estimate of drug-likeness (QED) is 0.167. The maximum Gasteiger partial charge on any atom is 0.326 e. The highest BCUT2D eigenvalue weighted by Gasteiger charge is 2.32. The Balaban J connectivity index is 2.96. The number of amides is 3. The SMILES string of the molecule is CC(C)C(NC(=O)C(CCC(=O)O)NC(=O)C(N)CO)C(=O)NC(Cc1ccccc1)C(=O)O. The molecule has 1 rings (SSSR count). The molecule has 0 fully saturated rings. The summed E-state index contributed by atoms with van der Waals surface area (Å²) in [5, 5.41) is 34.6. The Morgan fingerprint density at radius 3 is 1.97 bits per heavy atom. The fourth-order valence-corrected chi connectivity index (χ4v) is 3.00. The van der Waals surface area contributed by atoms with Crippen molar-refractivity contribution in [3.8, 4) is 0 Å². The van der Waals surface area contributed by atoms with Crippen LogP contribution in [0.25, 0.3) is 0 Å². The Kier molecular flexibility index (Phi) is 11.7. The van der Waals surface area contributed by atoms with Crippen LogP contribution >= 0.6 is 0 Å². The van der Waals surface area contributed by atoms with Gasteiger partial charge in [0.05, 0.1) is 6.61 Å². The zero-order valence-corrected chi connectivity index (χ0v) is 19.1. The minimum Gasteiger partial charge on any atom is -0.481 e. The molecular formula is C22H32N4O8. The Labute approximate surface area is 196 Å². The van der Waals surface area contributed by atoms with E-state index in [1.54, 1.807) is 44.2 Å². The second kappa shape index (κ2) is 13.9. The number of carboxylic acids is 2. The van der Waals surface area contributed by atoms with E-state index < -0.39 is 72.8 Å². The molecule has 4 atom stereocenters. The van der Waals surface area contributed by atoms with Gasteiger partial charge in [0.2, 0.25) is 17.7 Å². The van der Waals surface area contributed by atoms with E-state index in [9.17, 15) is 29.1 Å². The fraction of sp³-hybridized carbons (Fsp3) is 0.500. The number of nitrogens with two attached hydrogens (primary N) is 1. The second-order valence-electron chi connectivity index (χ2n) is 8.10. The van der Waals surface area contributed by atoms with Crippen LogP contribution in [0.1, 0.15) is 32.3 Å². The lowest BCUT2D eigenvalue weighted by molar-refractivity contribution is -0.142. The summed E-state index contributed by atoms with van der Waals surface area (Å²) >= 11 is 0. The number of carbonyl (C=O) groups excluding carboxylic acids is 3. The van der Waals surface area contributed by atoms with Crippen molar-refractivity contribution in [2.45, 2.75) is 57.3 Å². The molecule has 34 heavy (non-hydrogen) atoms. The zero-order chi connectivity index (χ0) is 25.8. The van der Waals surface area contributed by atoms with Gasteiger partial charge in [0.1, 0.15) is 24.2 Å². The summed E-state index contributed by atoms with van der Waals surface area (Å²) < 4.78 is 0. The van der Waals surface area contributed by atoms with Crippen LogP contribution < -0.4 is 21.7 Å². The molecule has 4 unspecified atom stereocenters. The van der Waals surface area contributed by atoms with Gasteiger partial charge in [-0.2, -0.15) is 0 Å². The van der Waals surface area contributed by atoms with Crippen molar-refractivity contribution in [3.63, 3.8) is 0 Å². The van der Waals surface area contributed by atoms with Crippen molar-refractivity contribution in [2.24, 2.45) is 11.7 Å². The van der Waals surface area contributed by atoms with Gasteiger partial charge in [-0.05, 0) is 17.9 Å². The van der Waals surface area contributed by atoms with E-state index >= 15 is 0 Å². The average Bonchev–Trinajstić information content (AvgIpc) is 2.78. The lowest BCUT2D eigenvalue weighted by Gasteiger charge is -2.27. The van der Waals surface area contributed by atoms with Gasteiger partial charge in [-0.1, -0.05) is 44.2 Å². The third-order valence-corrected chi connectivity index (χ3v) is 4.96. The number of hydrogen-bond acceptors (Lipinski definition) is 7. The number of carboxylic acid groups (broad SMARTS) is 2. The number of hydrogen-bond donors (Lipinski definition) is 7. The molecule has 0 aliphatic rings. The lowest BCUT2D eigenvalue weighted by atomic mass is 10.0. The third kappa shape index (κ3) is 9.55. The summed E-state index contributed by atoms with van der Waals surface area (Å²) in [5.74, 6) is -5.39. The maximum absolute atomic E-state index is 12.9. The number of aliphatic carboxylic acids is 2. The Hall–Kier alpha value is -3.51. The maximum atomic E-state index is 12.9. The van der Waals surface area contributed by atoms with Gasteiger partial charge in [0.25, 0.3) is 0 Å². The average molecular weight is 481 g/mol. The molecule has 3 amide bonds. The van der Waals surface area contributed by atoms with E-state index in [-0.39, 0.29) is 12.8 Å². The van der Waals surface area contributed by atoms with E-state index in [4.69, 9.17) is 15.9 Å². The van der Waals surface area contributed by atoms with Gasteiger partial charge in [-0.3, -0.25) is 19.2 Å². The molecule has 1 aromatic rings. The topological polar surface area (TPSA) is 208 Å². The molecular weight excluding hydrogens is 448 g/mol. The van der Waals surface area contributed by atoms with Crippen molar-refractivity contribution >= 4 is 29.7 Å². The van der Waals surface area contributed by atoms with Gasteiger partial charge < -0.3 is 37.0 Å². The van der Waals surface area contributed by atoms with Crippen LogP contribution in [0.15, 0.2) is 30.3 Å². The summed E-state index contributed by atoms with van der Waals surface area (Å²) in [6, 6.07) is 3.61. The van der Waals surface area contributed by atoms with Crippen LogP contribution in [-0.2, 0) is 30.4 Å². The first-order valence-electron chi connectivity index (χ1n) is 10.7. The second-order valence-corrected chi connectivity index (χ2v) is 8.10. The molecule has 12 nitrogen and oxygen atoms in total. The van der Waals surface area contributed by atoms with Crippen molar-refractivity contribution in [1.82, 2.24) is 16.0 Å². The molecule has 8 N–H and O–H groups in total. The van der Waals surface area contributed by atoms with Crippen molar-refractivity contribution in [1.29, 1.82) is 0 Å². The smallest absolute Gasteiger partial charge is 0.326 e. The van der Waals surface area contributed by atoms with Gasteiger partial charge >= 0.3 is 11.9 Å². The minimum absolute atomic E-state index is 0.0248. The third-order valence-electron chi connectivity index (χ3n) is 4.96. The van der Waals surface area contributed by atoms with Crippen LogP contribution in [0.5, 0.6) is 0 Å². The summed E-state index contributed by atoms with van der Waals surface area (Å²) in [7, 11) is 0. The van der Waals surface area contributed by atoms with Crippen LogP contribution in [0.4, 0.5) is 0 Å². The molecule has 12 heteroatoms. The van der Waals surface area contributed by atoms with Crippen LogP contribution in [0.3, 0.4) is 0 Å². The molecule has 0 radical (unpaired) electrons. The van der Waals surface area contributed by atoms with E-state index in [0.29, 0.717) is 5.56 Å². The normalized spacial score (nSPS) is 14.4. The van der Waals surface area contributed by atoms with E-state index in [2.05, 4.69) is 16.0 Å². The highest BCUT2D eigenvalue weighted by Crippen LogP contribution is 2.08. The first kappa shape index (κ1) is 28.5. The van der Waals surface area contributed by atoms with Gasteiger partial charge in [-0.15, -0.1) is 0 Å². The monoisotopic (exact) mass is 480 g/mol. The lowest BCUT2D eigenvalue weighted by Crippen LogP contribution is -2.58. The fourth-order valence-electron chi connectivity index (χ4n) is 3.00. The Bertz CT molecular complexity index is 862. The van der Waals surface area contributed by atoms with Crippen LogP contribution in [0.2, 0.25) is 0 Å². The van der Waals surface area contributed by atoms with E-state index in [1.807, 2.05) is 0 Å². The van der Waals surface area contributed by atoms with Gasteiger partial charge in [-0.25, -0.2) is 4.79 Å². The zero-order valence-electron chi connectivity index (χ0n) is 19.1. The highest BCUT2D eigenvalue weighted by molar-refractivity contribution is 5.94. The van der Waals surface area contributed by atoms with Gasteiger partial charge in [0.15, 0.2) is 0 Å². The number of benzene rings is 1. The molecule has 0 spiro atoms. The molecule has 0 saturated carbocycles. The number of rotatable bonds is 14. The molecule has 0 aromatic heterocycles. The number of carbonyl (C=O) groups is 5. The summed E-state index contributed by atoms with van der Waals surface area (Å²) in [6.07, 6.45) is -0.719. The van der Waals surface area contributed by atoms with E-state index in [1.165, 1.54) is 0 Å². The van der Waals surface area contributed by atoms with Crippen molar-refractivity contribution in [2.75, 3.05) is 6.61 Å². The summed E-state index contributed by atoms with van der Waals surface area (Å²) in [6.45, 7) is 2.57. The molecule has 1 aromatic carbocycles.